The number of hydrogen-bond donors (Lipinski definition) is 1. The van der Waals surface area contributed by atoms with Gasteiger partial charge >= 0.3 is 0 Å². The molecule has 1 aliphatic rings. The Hall–Kier alpha value is -0.450. The van der Waals surface area contributed by atoms with Gasteiger partial charge in [0.1, 0.15) is 11.5 Å². The second-order valence-corrected chi connectivity index (χ2v) is 6.82. The van der Waals surface area contributed by atoms with Crippen LogP contribution in [0.5, 0.6) is 0 Å². The van der Waals surface area contributed by atoms with Gasteiger partial charge < -0.3 is 9.73 Å². The van der Waals surface area contributed by atoms with E-state index >= 15 is 0 Å². The molecule has 0 amide bonds. The van der Waals surface area contributed by atoms with Crippen LogP contribution in [0.1, 0.15) is 37.4 Å². The Labute approximate surface area is 121 Å². The zero-order valence-electron chi connectivity index (χ0n) is 12.4. The fraction of sp³-hybridized carbons (Fsp3) is 0.733. The van der Waals surface area contributed by atoms with E-state index in [2.05, 4.69) is 48.8 Å². The van der Waals surface area contributed by atoms with Crippen LogP contribution in [0.3, 0.4) is 0 Å². The zero-order valence-corrected chi connectivity index (χ0v) is 13.2. The van der Waals surface area contributed by atoms with Gasteiger partial charge in [0.2, 0.25) is 0 Å². The van der Waals surface area contributed by atoms with Crippen LogP contribution in [0.2, 0.25) is 0 Å². The predicted molar refractivity (Wildman–Crippen MR) is 82.6 cm³/mol. The molecule has 19 heavy (non-hydrogen) atoms. The number of nitrogens with zero attached hydrogens (tertiary/aromatic N) is 1. The third-order valence-corrected chi connectivity index (χ3v) is 4.49. The highest BCUT2D eigenvalue weighted by Gasteiger charge is 2.13. The Morgan fingerprint density at radius 1 is 1.37 bits per heavy atom. The number of rotatable bonds is 5. The summed E-state index contributed by atoms with van der Waals surface area (Å²) in [4.78, 5) is 2.51. The number of nitrogens with one attached hydrogen (secondary N) is 1. The average Bonchev–Trinajstić information content (AvgIpc) is 2.56. The molecular weight excluding hydrogens is 256 g/mol. The van der Waals surface area contributed by atoms with Crippen LogP contribution in [-0.4, -0.2) is 35.5 Å². The van der Waals surface area contributed by atoms with Crippen molar-refractivity contribution in [3.8, 4) is 0 Å². The Morgan fingerprint density at radius 3 is 3.00 bits per heavy atom. The summed E-state index contributed by atoms with van der Waals surface area (Å²) in [6, 6.07) is 2.70. The van der Waals surface area contributed by atoms with Crippen molar-refractivity contribution in [3.05, 3.63) is 23.2 Å². The largest absolute Gasteiger partial charge is 0.463 e. The molecule has 1 aromatic heterocycles. The van der Waals surface area contributed by atoms with Gasteiger partial charge in [-0.05, 0) is 37.3 Å². The molecule has 0 atom stereocenters. The molecule has 0 unspecified atom stereocenters. The van der Waals surface area contributed by atoms with Gasteiger partial charge in [-0.25, -0.2) is 0 Å². The van der Waals surface area contributed by atoms with Gasteiger partial charge in [0.25, 0.3) is 0 Å². The standard InChI is InChI=1S/C15H26N2OS/c1-12(2)16-10-15-13(3)9-14(18-15)11-17-5-4-7-19-8-6-17/h9,12,16H,4-8,10-11H2,1-3H3. The molecule has 0 spiro atoms. The van der Waals surface area contributed by atoms with Crippen LogP contribution < -0.4 is 5.32 Å². The molecule has 3 nitrogen and oxygen atoms in total. The molecule has 1 fully saturated rings. The van der Waals surface area contributed by atoms with Crippen LogP contribution in [-0.2, 0) is 13.1 Å². The normalized spacial score (nSPS) is 17.9. The SMILES string of the molecule is Cc1cc(CN2CCCSCC2)oc1CNC(C)C. The third kappa shape index (κ3) is 4.86. The van der Waals surface area contributed by atoms with Crippen molar-refractivity contribution in [1.29, 1.82) is 0 Å². The lowest BCUT2D eigenvalue weighted by molar-refractivity contribution is 0.258. The summed E-state index contributed by atoms with van der Waals surface area (Å²) in [6.07, 6.45) is 1.30. The minimum absolute atomic E-state index is 0.496. The lowest BCUT2D eigenvalue weighted by Crippen LogP contribution is -2.25. The summed E-state index contributed by atoms with van der Waals surface area (Å²) in [7, 11) is 0. The van der Waals surface area contributed by atoms with Gasteiger partial charge in [0, 0.05) is 18.3 Å². The van der Waals surface area contributed by atoms with Gasteiger partial charge in [-0.1, -0.05) is 13.8 Å². The third-order valence-electron chi connectivity index (χ3n) is 3.44. The molecule has 1 aliphatic heterocycles. The first kappa shape index (κ1) is 14.9. The van der Waals surface area contributed by atoms with Crippen molar-refractivity contribution in [2.75, 3.05) is 24.6 Å². The monoisotopic (exact) mass is 282 g/mol. The molecule has 1 N–H and O–H groups in total. The summed E-state index contributed by atoms with van der Waals surface area (Å²) in [5.41, 5.74) is 1.27. The molecule has 108 valence electrons. The van der Waals surface area contributed by atoms with E-state index in [1.165, 1.54) is 36.6 Å². The highest BCUT2D eigenvalue weighted by Crippen LogP contribution is 2.18. The quantitative estimate of drug-likeness (QED) is 0.898. The highest BCUT2D eigenvalue weighted by atomic mass is 32.2. The fourth-order valence-electron chi connectivity index (χ4n) is 2.32. The number of hydrogen-bond acceptors (Lipinski definition) is 4. The van der Waals surface area contributed by atoms with E-state index in [-0.39, 0.29) is 0 Å². The average molecular weight is 282 g/mol. The zero-order chi connectivity index (χ0) is 13.7. The van der Waals surface area contributed by atoms with E-state index in [0.29, 0.717) is 6.04 Å². The summed E-state index contributed by atoms with van der Waals surface area (Å²) >= 11 is 2.07. The van der Waals surface area contributed by atoms with Crippen molar-refractivity contribution in [2.24, 2.45) is 0 Å². The van der Waals surface area contributed by atoms with Crippen LogP contribution >= 0.6 is 11.8 Å². The van der Waals surface area contributed by atoms with E-state index in [0.717, 1.165) is 24.6 Å². The number of furan rings is 1. The molecule has 0 saturated carbocycles. The predicted octanol–water partition coefficient (Wildman–Crippen LogP) is 3.02. The van der Waals surface area contributed by atoms with Gasteiger partial charge in [-0.3, -0.25) is 4.90 Å². The van der Waals surface area contributed by atoms with Crippen molar-refractivity contribution in [3.63, 3.8) is 0 Å². The van der Waals surface area contributed by atoms with Crippen molar-refractivity contribution in [1.82, 2.24) is 10.2 Å². The maximum absolute atomic E-state index is 6.00. The molecule has 4 heteroatoms. The van der Waals surface area contributed by atoms with Gasteiger partial charge in [-0.2, -0.15) is 11.8 Å². The van der Waals surface area contributed by atoms with Crippen LogP contribution in [0.4, 0.5) is 0 Å². The smallest absolute Gasteiger partial charge is 0.120 e. The van der Waals surface area contributed by atoms with Crippen LogP contribution in [0, 0.1) is 6.92 Å². The van der Waals surface area contributed by atoms with Crippen molar-refractivity contribution in [2.45, 2.75) is 46.3 Å². The Balaban J connectivity index is 1.91. The fourth-order valence-corrected chi connectivity index (χ4v) is 3.24. The minimum Gasteiger partial charge on any atom is -0.463 e. The first-order valence-electron chi connectivity index (χ1n) is 7.27. The maximum Gasteiger partial charge on any atom is 0.120 e. The molecule has 1 aromatic rings. The highest BCUT2D eigenvalue weighted by molar-refractivity contribution is 7.99. The van der Waals surface area contributed by atoms with Crippen molar-refractivity contribution < 1.29 is 4.42 Å². The van der Waals surface area contributed by atoms with E-state index in [1.54, 1.807) is 0 Å². The number of aryl methyl sites for hydroxylation is 1. The summed E-state index contributed by atoms with van der Waals surface area (Å²) < 4.78 is 6.00. The maximum atomic E-state index is 6.00. The lowest BCUT2D eigenvalue weighted by Gasteiger charge is -2.17. The topological polar surface area (TPSA) is 28.4 Å². The molecule has 0 aromatic carbocycles. The van der Waals surface area contributed by atoms with E-state index in [1.807, 2.05) is 0 Å². The molecule has 2 rings (SSSR count). The van der Waals surface area contributed by atoms with Crippen LogP contribution in [0.15, 0.2) is 10.5 Å². The molecular formula is C15H26N2OS. The summed E-state index contributed by atoms with van der Waals surface area (Å²) in [6.45, 7) is 10.6. The van der Waals surface area contributed by atoms with E-state index in [4.69, 9.17) is 4.42 Å². The first-order chi connectivity index (χ1) is 9.15. The Kier molecular flexibility index (Phi) is 5.79. The molecule has 1 saturated heterocycles. The first-order valence-corrected chi connectivity index (χ1v) is 8.42. The molecule has 2 heterocycles. The van der Waals surface area contributed by atoms with E-state index < -0.39 is 0 Å². The number of thioether (sulfide) groups is 1. The Morgan fingerprint density at radius 2 is 2.21 bits per heavy atom. The summed E-state index contributed by atoms with van der Waals surface area (Å²) in [5, 5.41) is 3.42. The molecule has 0 radical (unpaired) electrons. The van der Waals surface area contributed by atoms with Crippen LogP contribution in [0.25, 0.3) is 0 Å². The van der Waals surface area contributed by atoms with E-state index in [9.17, 15) is 0 Å². The molecule has 0 bridgehead atoms. The molecule has 0 aliphatic carbocycles. The van der Waals surface area contributed by atoms with Gasteiger partial charge in [0.15, 0.2) is 0 Å². The second kappa shape index (κ2) is 7.36. The van der Waals surface area contributed by atoms with Gasteiger partial charge in [0.05, 0.1) is 13.1 Å². The van der Waals surface area contributed by atoms with Gasteiger partial charge in [-0.15, -0.1) is 0 Å². The Bertz CT molecular complexity index is 381. The second-order valence-electron chi connectivity index (χ2n) is 5.60. The lowest BCUT2D eigenvalue weighted by atomic mass is 10.2. The van der Waals surface area contributed by atoms with Crippen molar-refractivity contribution >= 4 is 11.8 Å². The minimum atomic E-state index is 0.496. The summed E-state index contributed by atoms with van der Waals surface area (Å²) in [5.74, 6) is 4.76.